The highest BCUT2D eigenvalue weighted by molar-refractivity contribution is 5.88. The molecular formula is C16H19N3O4. The minimum Gasteiger partial charge on any atom is -0.454 e. The largest absolute Gasteiger partial charge is 0.454 e. The summed E-state index contributed by atoms with van der Waals surface area (Å²) in [6.45, 7) is 6.63. The van der Waals surface area contributed by atoms with Gasteiger partial charge in [-0.1, -0.05) is 32.0 Å². The maximum Gasteiger partial charge on any atom is 0.320 e. The molecule has 0 radical (unpaired) electrons. The molecule has 0 atom stereocenters. The number of hydrogen-bond acceptors (Lipinski definition) is 5. The summed E-state index contributed by atoms with van der Waals surface area (Å²) < 4.78 is 15.8. The maximum atomic E-state index is 11.9. The van der Waals surface area contributed by atoms with Crippen molar-refractivity contribution in [2.45, 2.75) is 32.7 Å². The number of anilines is 1. The van der Waals surface area contributed by atoms with Crippen LogP contribution in [-0.4, -0.2) is 18.0 Å². The minimum atomic E-state index is -0.351. The van der Waals surface area contributed by atoms with Crippen LogP contribution in [0.2, 0.25) is 0 Å². The first-order valence-electron chi connectivity index (χ1n) is 7.32. The molecule has 0 spiro atoms. The van der Waals surface area contributed by atoms with Gasteiger partial charge in [0, 0.05) is 18.0 Å². The van der Waals surface area contributed by atoms with Crippen LogP contribution in [0.25, 0.3) is 0 Å². The van der Waals surface area contributed by atoms with E-state index in [4.69, 9.17) is 14.0 Å². The van der Waals surface area contributed by atoms with Crippen LogP contribution in [0.4, 0.5) is 10.6 Å². The minimum absolute atomic E-state index is 0.157. The number of carbonyl (C=O) groups excluding carboxylic acids is 1. The summed E-state index contributed by atoms with van der Waals surface area (Å²) >= 11 is 0. The second-order valence-corrected chi connectivity index (χ2v) is 6.32. The average Bonchev–Trinajstić information content (AvgIpc) is 3.12. The number of amides is 2. The second kappa shape index (κ2) is 5.83. The van der Waals surface area contributed by atoms with Crippen molar-refractivity contribution in [3.05, 3.63) is 35.6 Å². The van der Waals surface area contributed by atoms with E-state index >= 15 is 0 Å². The lowest BCUT2D eigenvalue weighted by molar-refractivity contribution is 0.174. The number of ether oxygens (including phenoxy) is 2. The summed E-state index contributed by atoms with van der Waals surface area (Å²) in [6.07, 6.45) is 0. The van der Waals surface area contributed by atoms with Gasteiger partial charge in [-0.05, 0) is 17.7 Å². The summed E-state index contributed by atoms with van der Waals surface area (Å²) in [6, 6.07) is 6.92. The van der Waals surface area contributed by atoms with E-state index in [0.29, 0.717) is 23.9 Å². The normalized spacial score (nSPS) is 13.0. The molecule has 122 valence electrons. The molecule has 3 rings (SSSR count). The maximum absolute atomic E-state index is 11.9. The van der Waals surface area contributed by atoms with Crippen LogP contribution in [-0.2, 0) is 12.0 Å². The van der Waals surface area contributed by atoms with E-state index in [0.717, 1.165) is 11.3 Å². The molecule has 0 unspecified atom stereocenters. The van der Waals surface area contributed by atoms with Gasteiger partial charge in [0.25, 0.3) is 0 Å². The Kier molecular flexibility index (Phi) is 3.85. The molecule has 1 aromatic heterocycles. The lowest BCUT2D eigenvalue weighted by Gasteiger charge is -2.12. The molecule has 1 aliphatic heterocycles. The van der Waals surface area contributed by atoms with Crippen LogP contribution >= 0.6 is 0 Å². The van der Waals surface area contributed by atoms with Crippen LogP contribution in [0.5, 0.6) is 11.5 Å². The molecule has 0 bridgehead atoms. The number of hydrogen-bond donors (Lipinski definition) is 2. The Morgan fingerprint density at radius 3 is 2.74 bits per heavy atom. The molecular weight excluding hydrogens is 298 g/mol. The van der Waals surface area contributed by atoms with Crippen molar-refractivity contribution in [3.8, 4) is 11.5 Å². The molecule has 0 saturated heterocycles. The SMILES string of the molecule is CC(C)(C)c1cc(NC(=O)NCc2ccc3c(c2)OCO3)no1. The van der Waals surface area contributed by atoms with Crippen molar-refractivity contribution in [1.82, 2.24) is 10.5 Å². The Hall–Kier alpha value is -2.70. The lowest BCUT2D eigenvalue weighted by atomic mass is 9.93. The highest BCUT2D eigenvalue weighted by atomic mass is 16.7. The second-order valence-electron chi connectivity index (χ2n) is 6.32. The van der Waals surface area contributed by atoms with Crippen LogP contribution in [0.3, 0.4) is 0 Å². The van der Waals surface area contributed by atoms with Gasteiger partial charge in [0.15, 0.2) is 17.3 Å². The number of fused-ring (bicyclic) bond motifs is 1. The number of benzene rings is 1. The van der Waals surface area contributed by atoms with Gasteiger partial charge >= 0.3 is 6.03 Å². The Morgan fingerprint density at radius 1 is 1.22 bits per heavy atom. The van der Waals surface area contributed by atoms with Crippen LogP contribution < -0.4 is 20.1 Å². The van der Waals surface area contributed by atoms with Crippen molar-refractivity contribution >= 4 is 11.8 Å². The van der Waals surface area contributed by atoms with Gasteiger partial charge in [0.05, 0.1) is 0 Å². The first-order valence-corrected chi connectivity index (χ1v) is 7.32. The molecule has 1 aromatic carbocycles. The third-order valence-corrected chi connectivity index (χ3v) is 3.38. The van der Waals surface area contributed by atoms with Crippen LogP contribution in [0.15, 0.2) is 28.8 Å². The molecule has 23 heavy (non-hydrogen) atoms. The van der Waals surface area contributed by atoms with Gasteiger partial charge in [-0.3, -0.25) is 5.32 Å². The van der Waals surface area contributed by atoms with Crippen molar-refractivity contribution < 1.29 is 18.8 Å². The zero-order valence-corrected chi connectivity index (χ0v) is 13.3. The quantitative estimate of drug-likeness (QED) is 0.909. The molecule has 2 N–H and O–H groups in total. The van der Waals surface area contributed by atoms with Gasteiger partial charge < -0.3 is 19.3 Å². The van der Waals surface area contributed by atoms with Gasteiger partial charge in [-0.15, -0.1) is 0 Å². The van der Waals surface area contributed by atoms with Gasteiger partial charge in [0.2, 0.25) is 6.79 Å². The predicted molar refractivity (Wildman–Crippen MR) is 83.6 cm³/mol. The molecule has 1 aliphatic rings. The van der Waals surface area contributed by atoms with E-state index in [1.54, 1.807) is 6.07 Å². The Bertz CT molecular complexity index is 718. The molecule has 0 aliphatic carbocycles. The standard InChI is InChI=1S/C16H19N3O4/c1-16(2,3)13-7-14(19-23-13)18-15(20)17-8-10-4-5-11-12(6-10)22-9-21-11/h4-7H,8-9H2,1-3H3,(H2,17,18,19,20). The zero-order chi connectivity index (χ0) is 16.4. The fraction of sp³-hybridized carbons (Fsp3) is 0.375. The number of rotatable bonds is 3. The van der Waals surface area contributed by atoms with Gasteiger partial charge in [-0.2, -0.15) is 0 Å². The summed E-state index contributed by atoms with van der Waals surface area (Å²) in [5.74, 6) is 2.51. The zero-order valence-electron chi connectivity index (χ0n) is 13.3. The molecule has 2 aromatic rings. The topological polar surface area (TPSA) is 85.6 Å². The van der Waals surface area contributed by atoms with Crippen LogP contribution in [0.1, 0.15) is 32.1 Å². The van der Waals surface area contributed by atoms with E-state index in [2.05, 4.69) is 15.8 Å². The number of urea groups is 1. The fourth-order valence-corrected chi connectivity index (χ4v) is 2.08. The number of carbonyl (C=O) groups is 1. The Morgan fingerprint density at radius 2 is 2.00 bits per heavy atom. The first kappa shape index (κ1) is 15.2. The summed E-state index contributed by atoms with van der Waals surface area (Å²) in [5.41, 5.74) is 0.760. The number of nitrogens with zero attached hydrogens (tertiary/aromatic N) is 1. The molecule has 2 heterocycles. The molecule has 7 nitrogen and oxygen atoms in total. The molecule has 2 amide bonds. The van der Waals surface area contributed by atoms with E-state index in [9.17, 15) is 4.79 Å². The number of aromatic nitrogens is 1. The predicted octanol–water partition coefficient (Wildman–Crippen LogP) is 3.02. The third-order valence-electron chi connectivity index (χ3n) is 3.38. The van der Waals surface area contributed by atoms with Gasteiger partial charge in [-0.25, -0.2) is 4.79 Å². The lowest BCUT2D eigenvalue weighted by Crippen LogP contribution is -2.28. The molecule has 0 saturated carbocycles. The molecule has 7 heteroatoms. The molecule has 0 fully saturated rings. The highest BCUT2D eigenvalue weighted by Crippen LogP contribution is 2.32. The number of nitrogens with one attached hydrogen (secondary N) is 2. The van der Waals surface area contributed by atoms with Crippen molar-refractivity contribution in [1.29, 1.82) is 0 Å². The van der Waals surface area contributed by atoms with Crippen molar-refractivity contribution in [2.24, 2.45) is 0 Å². The summed E-state index contributed by atoms with van der Waals surface area (Å²) in [7, 11) is 0. The van der Waals surface area contributed by atoms with Crippen molar-refractivity contribution in [2.75, 3.05) is 12.1 Å². The summed E-state index contributed by atoms with van der Waals surface area (Å²) in [5, 5.41) is 9.25. The highest BCUT2D eigenvalue weighted by Gasteiger charge is 2.20. The first-order chi connectivity index (χ1) is 10.9. The smallest absolute Gasteiger partial charge is 0.320 e. The van der Waals surface area contributed by atoms with E-state index in [1.165, 1.54) is 0 Å². The fourth-order valence-electron chi connectivity index (χ4n) is 2.08. The Labute approximate surface area is 133 Å². The Balaban J connectivity index is 1.54. The average molecular weight is 317 g/mol. The van der Waals surface area contributed by atoms with Gasteiger partial charge in [0.1, 0.15) is 5.76 Å². The third kappa shape index (κ3) is 3.56. The monoisotopic (exact) mass is 317 g/mol. The van der Waals surface area contributed by atoms with E-state index < -0.39 is 0 Å². The van der Waals surface area contributed by atoms with Crippen molar-refractivity contribution in [3.63, 3.8) is 0 Å². The van der Waals surface area contributed by atoms with Crippen LogP contribution in [0, 0.1) is 0 Å². The summed E-state index contributed by atoms with van der Waals surface area (Å²) in [4.78, 5) is 11.9. The van der Waals surface area contributed by atoms with E-state index in [-0.39, 0.29) is 18.2 Å². The van der Waals surface area contributed by atoms with E-state index in [1.807, 2.05) is 39.0 Å².